The summed E-state index contributed by atoms with van der Waals surface area (Å²) in [6.45, 7) is 3.61. The summed E-state index contributed by atoms with van der Waals surface area (Å²) >= 11 is 0. The standard InChI is InChI=1S/C12H19N3O3/c1-9(13-18)11(16)15-8-4-5-10(15)12(17)14-6-2-3-7-14/h10,18H,2-8H2,1H3/b13-9+/t10-/m0/s1. The second-order valence-corrected chi connectivity index (χ2v) is 4.87. The van der Waals surface area contributed by atoms with Crippen LogP contribution in [0, 0.1) is 0 Å². The third-order valence-electron chi connectivity index (χ3n) is 3.68. The van der Waals surface area contributed by atoms with Gasteiger partial charge in [-0.25, -0.2) is 0 Å². The maximum Gasteiger partial charge on any atom is 0.272 e. The van der Waals surface area contributed by atoms with E-state index < -0.39 is 0 Å². The molecule has 2 amide bonds. The van der Waals surface area contributed by atoms with Crippen LogP contribution in [0.25, 0.3) is 0 Å². The van der Waals surface area contributed by atoms with Gasteiger partial charge in [-0.2, -0.15) is 0 Å². The molecular weight excluding hydrogens is 234 g/mol. The summed E-state index contributed by atoms with van der Waals surface area (Å²) in [6, 6.07) is -0.368. The Morgan fingerprint density at radius 1 is 1.17 bits per heavy atom. The van der Waals surface area contributed by atoms with Gasteiger partial charge in [-0.05, 0) is 32.6 Å². The highest BCUT2D eigenvalue weighted by Crippen LogP contribution is 2.21. The molecule has 0 aromatic carbocycles. The van der Waals surface area contributed by atoms with Gasteiger partial charge in [0.2, 0.25) is 5.91 Å². The van der Waals surface area contributed by atoms with E-state index >= 15 is 0 Å². The number of hydrogen-bond acceptors (Lipinski definition) is 4. The molecule has 2 heterocycles. The molecule has 6 nitrogen and oxygen atoms in total. The lowest BCUT2D eigenvalue weighted by Crippen LogP contribution is -2.48. The van der Waals surface area contributed by atoms with E-state index in [1.54, 1.807) is 0 Å². The van der Waals surface area contributed by atoms with Gasteiger partial charge in [-0.15, -0.1) is 0 Å². The van der Waals surface area contributed by atoms with Crippen molar-refractivity contribution in [1.29, 1.82) is 0 Å². The van der Waals surface area contributed by atoms with E-state index in [0.717, 1.165) is 32.4 Å². The van der Waals surface area contributed by atoms with Gasteiger partial charge in [-0.1, -0.05) is 5.16 Å². The Labute approximate surface area is 106 Å². The lowest BCUT2D eigenvalue weighted by Gasteiger charge is -2.27. The van der Waals surface area contributed by atoms with Crippen LogP contribution in [0.4, 0.5) is 0 Å². The van der Waals surface area contributed by atoms with Crippen molar-refractivity contribution in [1.82, 2.24) is 9.80 Å². The summed E-state index contributed by atoms with van der Waals surface area (Å²) in [5.41, 5.74) is 0.0381. The Balaban J connectivity index is 2.07. The highest BCUT2D eigenvalue weighted by atomic mass is 16.4. The fourth-order valence-corrected chi connectivity index (χ4v) is 2.67. The summed E-state index contributed by atoms with van der Waals surface area (Å²) in [4.78, 5) is 27.6. The highest BCUT2D eigenvalue weighted by Gasteiger charge is 2.37. The van der Waals surface area contributed by atoms with E-state index in [1.165, 1.54) is 11.8 Å². The molecule has 0 spiro atoms. The molecule has 2 aliphatic heterocycles. The third-order valence-corrected chi connectivity index (χ3v) is 3.68. The number of rotatable bonds is 2. The Kier molecular flexibility index (Phi) is 3.84. The zero-order valence-electron chi connectivity index (χ0n) is 10.6. The van der Waals surface area contributed by atoms with E-state index in [9.17, 15) is 9.59 Å². The van der Waals surface area contributed by atoms with Gasteiger partial charge in [0.25, 0.3) is 5.91 Å². The Morgan fingerprint density at radius 2 is 1.83 bits per heavy atom. The second-order valence-electron chi connectivity index (χ2n) is 4.87. The van der Waals surface area contributed by atoms with Gasteiger partial charge >= 0.3 is 0 Å². The number of carbonyl (C=O) groups is 2. The molecule has 0 saturated carbocycles. The summed E-state index contributed by atoms with van der Waals surface area (Å²) in [6.07, 6.45) is 3.63. The van der Waals surface area contributed by atoms with Crippen molar-refractivity contribution in [3.05, 3.63) is 0 Å². The molecule has 2 aliphatic rings. The summed E-state index contributed by atoms with van der Waals surface area (Å²) in [5, 5.41) is 11.6. The van der Waals surface area contributed by atoms with Crippen LogP contribution in [0.2, 0.25) is 0 Å². The molecule has 0 aliphatic carbocycles. The predicted molar refractivity (Wildman–Crippen MR) is 65.4 cm³/mol. The van der Waals surface area contributed by atoms with Crippen LogP contribution < -0.4 is 0 Å². The summed E-state index contributed by atoms with van der Waals surface area (Å²) in [7, 11) is 0. The molecule has 6 heteroatoms. The van der Waals surface area contributed by atoms with Gasteiger partial charge in [0.1, 0.15) is 11.8 Å². The van der Waals surface area contributed by atoms with Crippen LogP contribution in [0.3, 0.4) is 0 Å². The van der Waals surface area contributed by atoms with Crippen LogP contribution >= 0.6 is 0 Å². The topological polar surface area (TPSA) is 73.2 Å². The minimum absolute atomic E-state index is 0.0381. The summed E-state index contributed by atoms with van der Waals surface area (Å²) < 4.78 is 0. The molecule has 2 fully saturated rings. The second kappa shape index (κ2) is 5.37. The lowest BCUT2D eigenvalue weighted by molar-refractivity contribution is -0.140. The Morgan fingerprint density at radius 3 is 2.44 bits per heavy atom. The van der Waals surface area contributed by atoms with Crippen molar-refractivity contribution in [3.8, 4) is 0 Å². The SMILES string of the molecule is C/C(=N\O)C(=O)N1CCC[C@H]1C(=O)N1CCCC1. The normalized spacial score (nSPS) is 24.7. The van der Waals surface area contributed by atoms with E-state index in [1.807, 2.05) is 4.90 Å². The predicted octanol–water partition coefficient (Wildman–Crippen LogP) is 0.450. The molecule has 0 aromatic heterocycles. The van der Waals surface area contributed by atoms with Crippen molar-refractivity contribution < 1.29 is 14.8 Å². The largest absolute Gasteiger partial charge is 0.410 e. The number of likely N-dealkylation sites (tertiary alicyclic amines) is 2. The summed E-state index contributed by atoms with van der Waals surface area (Å²) in [5.74, 6) is -0.295. The van der Waals surface area contributed by atoms with Crippen molar-refractivity contribution in [2.75, 3.05) is 19.6 Å². The first-order valence-corrected chi connectivity index (χ1v) is 6.43. The maximum absolute atomic E-state index is 12.3. The number of oxime groups is 1. The van der Waals surface area contributed by atoms with E-state index in [4.69, 9.17) is 5.21 Å². The van der Waals surface area contributed by atoms with Crippen molar-refractivity contribution in [2.24, 2.45) is 5.16 Å². The first kappa shape index (κ1) is 12.9. The van der Waals surface area contributed by atoms with Crippen molar-refractivity contribution in [3.63, 3.8) is 0 Å². The van der Waals surface area contributed by atoms with Crippen LogP contribution in [-0.4, -0.2) is 58.2 Å². The van der Waals surface area contributed by atoms with Gasteiger partial charge in [-0.3, -0.25) is 9.59 Å². The molecule has 100 valence electrons. The zero-order chi connectivity index (χ0) is 13.1. The smallest absolute Gasteiger partial charge is 0.272 e. The first-order valence-electron chi connectivity index (χ1n) is 6.43. The van der Waals surface area contributed by atoms with E-state index in [-0.39, 0.29) is 23.6 Å². The highest BCUT2D eigenvalue weighted by molar-refractivity contribution is 6.38. The van der Waals surface area contributed by atoms with Crippen molar-refractivity contribution in [2.45, 2.75) is 38.6 Å². The van der Waals surface area contributed by atoms with E-state index in [2.05, 4.69) is 5.16 Å². The molecular formula is C12H19N3O3. The average Bonchev–Trinajstić information content (AvgIpc) is 3.06. The molecule has 0 bridgehead atoms. The number of amides is 2. The molecule has 0 aromatic rings. The fourth-order valence-electron chi connectivity index (χ4n) is 2.67. The van der Waals surface area contributed by atoms with Crippen LogP contribution in [0.5, 0.6) is 0 Å². The third kappa shape index (κ3) is 2.32. The van der Waals surface area contributed by atoms with Gasteiger partial charge in [0.15, 0.2) is 0 Å². The number of carbonyl (C=O) groups excluding carboxylic acids is 2. The minimum atomic E-state index is -0.368. The molecule has 1 N–H and O–H groups in total. The molecule has 18 heavy (non-hydrogen) atoms. The number of hydrogen-bond donors (Lipinski definition) is 1. The molecule has 2 rings (SSSR count). The van der Waals surface area contributed by atoms with Gasteiger partial charge in [0, 0.05) is 19.6 Å². The van der Waals surface area contributed by atoms with Crippen molar-refractivity contribution >= 4 is 17.5 Å². The zero-order valence-corrected chi connectivity index (χ0v) is 10.6. The van der Waals surface area contributed by atoms with Gasteiger partial charge < -0.3 is 15.0 Å². The Hall–Kier alpha value is -1.59. The van der Waals surface area contributed by atoms with Crippen LogP contribution in [0.1, 0.15) is 32.6 Å². The van der Waals surface area contributed by atoms with Crippen LogP contribution in [0.15, 0.2) is 5.16 Å². The monoisotopic (exact) mass is 253 g/mol. The van der Waals surface area contributed by atoms with Crippen LogP contribution in [-0.2, 0) is 9.59 Å². The minimum Gasteiger partial charge on any atom is -0.410 e. The van der Waals surface area contributed by atoms with E-state index in [0.29, 0.717) is 13.0 Å². The molecule has 0 radical (unpaired) electrons. The molecule has 2 saturated heterocycles. The quantitative estimate of drug-likeness (QED) is 0.441. The number of nitrogens with zero attached hydrogens (tertiary/aromatic N) is 3. The lowest BCUT2D eigenvalue weighted by atomic mass is 10.2. The molecule has 1 atom stereocenters. The fraction of sp³-hybridized carbons (Fsp3) is 0.750. The molecule has 0 unspecified atom stereocenters. The average molecular weight is 253 g/mol. The first-order chi connectivity index (χ1) is 8.65. The Bertz CT molecular complexity index is 375. The van der Waals surface area contributed by atoms with Gasteiger partial charge in [0.05, 0.1) is 0 Å². The maximum atomic E-state index is 12.3.